The second-order valence-electron chi connectivity index (χ2n) is 3.84. The summed E-state index contributed by atoms with van der Waals surface area (Å²) in [6.45, 7) is 6.50. The van der Waals surface area contributed by atoms with Crippen LogP contribution in [0.25, 0.3) is 10.9 Å². The Balaban J connectivity index is 2.49. The normalized spacial score (nSPS) is 11.1. The number of fused-ring (bicyclic) bond motifs is 1. The van der Waals surface area contributed by atoms with Gasteiger partial charge < -0.3 is 15.0 Å². The van der Waals surface area contributed by atoms with Crippen LogP contribution in [-0.4, -0.2) is 11.2 Å². The van der Waals surface area contributed by atoms with Crippen LogP contribution in [0.3, 0.4) is 0 Å². The van der Waals surface area contributed by atoms with Crippen molar-refractivity contribution in [2.24, 2.45) is 0 Å². The SMILES string of the molecule is CCOCc1cc2ccc(N)cc2n1CC. The van der Waals surface area contributed by atoms with Gasteiger partial charge in [0.15, 0.2) is 0 Å². The fourth-order valence-corrected chi connectivity index (χ4v) is 2.03. The van der Waals surface area contributed by atoms with E-state index in [1.807, 2.05) is 19.1 Å². The number of benzene rings is 1. The molecule has 0 aliphatic carbocycles. The van der Waals surface area contributed by atoms with Gasteiger partial charge in [-0.05, 0) is 32.0 Å². The van der Waals surface area contributed by atoms with Crippen LogP contribution >= 0.6 is 0 Å². The number of hydrogen-bond donors (Lipinski definition) is 1. The molecule has 0 bridgehead atoms. The number of rotatable bonds is 4. The monoisotopic (exact) mass is 218 g/mol. The number of aryl methyl sites for hydroxylation is 1. The standard InChI is InChI=1S/C13H18N2O/c1-3-15-12(9-16-4-2)7-10-5-6-11(14)8-13(10)15/h5-8H,3-4,9,14H2,1-2H3. The molecule has 16 heavy (non-hydrogen) atoms. The van der Waals surface area contributed by atoms with E-state index in [1.165, 1.54) is 16.6 Å². The van der Waals surface area contributed by atoms with Crippen LogP contribution in [0.4, 0.5) is 5.69 Å². The third-order valence-electron chi connectivity index (χ3n) is 2.78. The van der Waals surface area contributed by atoms with Crippen molar-refractivity contribution in [1.82, 2.24) is 4.57 Å². The maximum atomic E-state index is 5.81. The van der Waals surface area contributed by atoms with Crippen molar-refractivity contribution in [2.45, 2.75) is 27.0 Å². The van der Waals surface area contributed by atoms with Gasteiger partial charge in [0.05, 0.1) is 12.1 Å². The lowest BCUT2D eigenvalue weighted by Gasteiger charge is -2.07. The highest BCUT2D eigenvalue weighted by molar-refractivity contribution is 5.84. The van der Waals surface area contributed by atoms with Crippen molar-refractivity contribution in [3.05, 3.63) is 30.0 Å². The van der Waals surface area contributed by atoms with Crippen LogP contribution in [-0.2, 0) is 17.9 Å². The van der Waals surface area contributed by atoms with Crippen LogP contribution < -0.4 is 5.73 Å². The van der Waals surface area contributed by atoms with E-state index in [0.717, 1.165) is 18.8 Å². The fourth-order valence-electron chi connectivity index (χ4n) is 2.03. The van der Waals surface area contributed by atoms with Crippen LogP contribution in [0.2, 0.25) is 0 Å². The minimum atomic E-state index is 0.666. The van der Waals surface area contributed by atoms with Crippen LogP contribution in [0.5, 0.6) is 0 Å². The van der Waals surface area contributed by atoms with Crippen LogP contribution in [0.15, 0.2) is 24.3 Å². The molecule has 1 heterocycles. The van der Waals surface area contributed by atoms with E-state index in [-0.39, 0.29) is 0 Å². The molecule has 2 aromatic rings. The molecule has 0 saturated heterocycles. The molecule has 1 aromatic heterocycles. The topological polar surface area (TPSA) is 40.2 Å². The third-order valence-corrected chi connectivity index (χ3v) is 2.78. The molecule has 0 atom stereocenters. The summed E-state index contributed by atoms with van der Waals surface area (Å²) in [6, 6.07) is 8.20. The molecule has 2 N–H and O–H groups in total. The summed E-state index contributed by atoms with van der Waals surface area (Å²) in [6.07, 6.45) is 0. The lowest BCUT2D eigenvalue weighted by Crippen LogP contribution is -2.02. The van der Waals surface area contributed by atoms with Gasteiger partial charge in [-0.3, -0.25) is 0 Å². The zero-order valence-corrected chi connectivity index (χ0v) is 9.86. The molecular formula is C13H18N2O. The van der Waals surface area contributed by atoms with Crippen LogP contribution in [0, 0.1) is 0 Å². The molecule has 0 spiro atoms. The zero-order valence-electron chi connectivity index (χ0n) is 9.86. The van der Waals surface area contributed by atoms with E-state index in [0.29, 0.717) is 6.61 Å². The van der Waals surface area contributed by atoms with Gasteiger partial charge in [-0.15, -0.1) is 0 Å². The fraction of sp³-hybridized carbons (Fsp3) is 0.385. The van der Waals surface area contributed by atoms with Gasteiger partial charge in [-0.25, -0.2) is 0 Å². The molecule has 0 amide bonds. The Labute approximate surface area is 95.8 Å². The molecule has 2 rings (SSSR count). The lowest BCUT2D eigenvalue weighted by atomic mass is 10.2. The average Bonchev–Trinajstić information content (AvgIpc) is 2.63. The highest BCUT2D eigenvalue weighted by Crippen LogP contribution is 2.22. The van der Waals surface area contributed by atoms with Gasteiger partial charge in [0.2, 0.25) is 0 Å². The van der Waals surface area contributed by atoms with Gasteiger partial charge in [-0.2, -0.15) is 0 Å². The molecule has 0 saturated carbocycles. The zero-order chi connectivity index (χ0) is 11.5. The summed E-state index contributed by atoms with van der Waals surface area (Å²) < 4.78 is 7.72. The predicted octanol–water partition coefficient (Wildman–Crippen LogP) is 2.78. The average molecular weight is 218 g/mol. The third kappa shape index (κ3) is 1.91. The maximum Gasteiger partial charge on any atom is 0.0867 e. The van der Waals surface area contributed by atoms with Gasteiger partial charge in [0.25, 0.3) is 0 Å². The van der Waals surface area contributed by atoms with E-state index >= 15 is 0 Å². The number of nitrogens with zero attached hydrogens (tertiary/aromatic N) is 1. The second-order valence-corrected chi connectivity index (χ2v) is 3.84. The molecule has 0 aliphatic rings. The van der Waals surface area contributed by atoms with E-state index in [2.05, 4.69) is 23.6 Å². The number of hydrogen-bond acceptors (Lipinski definition) is 2. The van der Waals surface area contributed by atoms with E-state index in [9.17, 15) is 0 Å². The number of ether oxygens (including phenoxy) is 1. The molecule has 0 radical (unpaired) electrons. The Bertz CT molecular complexity index is 488. The van der Waals surface area contributed by atoms with Crippen molar-refractivity contribution < 1.29 is 4.74 Å². The number of aromatic nitrogens is 1. The predicted molar refractivity (Wildman–Crippen MR) is 67.4 cm³/mol. The Hall–Kier alpha value is -1.48. The quantitative estimate of drug-likeness (QED) is 0.801. The van der Waals surface area contributed by atoms with Gasteiger partial charge in [0, 0.05) is 29.9 Å². The Morgan fingerprint density at radius 3 is 2.75 bits per heavy atom. The first-order chi connectivity index (χ1) is 7.76. The molecule has 0 fully saturated rings. The molecule has 0 aliphatic heterocycles. The summed E-state index contributed by atoms with van der Waals surface area (Å²) in [7, 11) is 0. The molecule has 86 valence electrons. The van der Waals surface area contributed by atoms with Crippen LogP contribution in [0.1, 0.15) is 19.5 Å². The highest BCUT2D eigenvalue weighted by Gasteiger charge is 2.07. The minimum absolute atomic E-state index is 0.666. The largest absolute Gasteiger partial charge is 0.399 e. The van der Waals surface area contributed by atoms with Gasteiger partial charge in [-0.1, -0.05) is 6.07 Å². The summed E-state index contributed by atoms with van der Waals surface area (Å²) in [4.78, 5) is 0. The van der Waals surface area contributed by atoms with Crippen molar-refractivity contribution in [1.29, 1.82) is 0 Å². The van der Waals surface area contributed by atoms with Gasteiger partial charge in [0.1, 0.15) is 0 Å². The first-order valence-corrected chi connectivity index (χ1v) is 5.71. The van der Waals surface area contributed by atoms with Crippen molar-refractivity contribution in [2.75, 3.05) is 12.3 Å². The van der Waals surface area contributed by atoms with E-state index in [4.69, 9.17) is 10.5 Å². The molecular weight excluding hydrogens is 200 g/mol. The first kappa shape index (κ1) is 11.0. The molecule has 1 aromatic carbocycles. The summed E-state index contributed by atoms with van der Waals surface area (Å²) in [5.41, 5.74) is 9.03. The lowest BCUT2D eigenvalue weighted by molar-refractivity contribution is 0.129. The number of nitrogens with two attached hydrogens (primary N) is 1. The Kier molecular flexibility index (Phi) is 3.15. The Morgan fingerprint density at radius 2 is 2.06 bits per heavy atom. The molecule has 3 nitrogen and oxygen atoms in total. The highest BCUT2D eigenvalue weighted by atomic mass is 16.5. The van der Waals surface area contributed by atoms with E-state index < -0.39 is 0 Å². The first-order valence-electron chi connectivity index (χ1n) is 5.71. The summed E-state index contributed by atoms with van der Waals surface area (Å²) in [5.74, 6) is 0. The van der Waals surface area contributed by atoms with Crippen molar-refractivity contribution >= 4 is 16.6 Å². The Morgan fingerprint density at radius 1 is 1.25 bits per heavy atom. The number of anilines is 1. The molecule has 3 heteroatoms. The van der Waals surface area contributed by atoms with Crippen molar-refractivity contribution in [3.63, 3.8) is 0 Å². The van der Waals surface area contributed by atoms with E-state index in [1.54, 1.807) is 0 Å². The summed E-state index contributed by atoms with van der Waals surface area (Å²) in [5, 5.41) is 1.23. The minimum Gasteiger partial charge on any atom is -0.399 e. The summed E-state index contributed by atoms with van der Waals surface area (Å²) >= 11 is 0. The van der Waals surface area contributed by atoms with Crippen molar-refractivity contribution in [3.8, 4) is 0 Å². The smallest absolute Gasteiger partial charge is 0.0867 e. The van der Waals surface area contributed by atoms with Gasteiger partial charge >= 0.3 is 0 Å². The molecule has 0 unspecified atom stereocenters. The number of nitrogen functional groups attached to an aromatic ring is 1. The second kappa shape index (κ2) is 4.58. The maximum absolute atomic E-state index is 5.81.